The van der Waals surface area contributed by atoms with Gasteiger partial charge in [-0.2, -0.15) is 0 Å². The normalized spacial score (nSPS) is 23.1. The molecule has 2 N–H and O–H groups in total. The van der Waals surface area contributed by atoms with Crippen molar-refractivity contribution in [1.82, 2.24) is 4.90 Å². The SMILES string of the molecule is NC1CN(C(=O)OCc2ccccc2)CC1CCl. The lowest BCUT2D eigenvalue weighted by Crippen LogP contribution is -2.32. The first-order valence-electron chi connectivity index (χ1n) is 5.98. The van der Waals surface area contributed by atoms with Crippen LogP contribution in [0.1, 0.15) is 5.56 Å². The largest absolute Gasteiger partial charge is 0.445 e. The van der Waals surface area contributed by atoms with Crippen molar-refractivity contribution in [3.05, 3.63) is 35.9 Å². The van der Waals surface area contributed by atoms with Crippen LogP contribution in [0.15, 0.2) is 30.3 Å². The highest BCUT2D eigenvalue weighted by Crippen LogP contribution is 2.17. The number of likely N-dealkylation sites (tertiary alicyclic amines) is 1. The summed E-state index contributed by atoms with van der Waals surface area (Å²) in [6.07, 6.45) is -0.318. The van der Waals surface area contributed by atoms with Gasteiger partial charge in [0, 0.05) is 30.9 Å². The van der Waals surface area contributed by atoms with Crippen molar-refractivity contribution >= 4 is 17.7 Å². The lowest BCUT2D eigenvalue weighted by molar-refractivity contribution is 0.103. The Kier molecular flexibility index (Phi) is 4.44. The van der Waals surface area contributed by atoms with E-state index in [1.807, 2.05) is 30.3 Å². The Balaban J connectivity index is 1.82. The molecule has 1 aliphatic heterocycles. The maximum Gasteiger partial charge on any atom is 0.410 e. The molecule has 2 atom stereocenters. The van der Waals surface area contributed by atoms with Gasteiger partial charge in [-0.1, -0.05) is 30.3 Å². The van der Waals surface area contributed by atoms with Crippen molar-refractivity contribution in [2.75, 3.05) is 19.0 Å². The number of benzene rings is 1. The minimum absolute atomic E-state index is 0.0493. The van der Waals surface area contributed by atoms with Crippen molar-refractivity contribution in [1.29, 1.82) is 0 Å². The molecule has 0 radical (unpaired) electrons. The Hall–Kier alpha value is -1.26. The maximum atomic E-state index is 11.8. The molecule has 1 fully saturated rings. The van der Waals surface area contributed by atoms with Gasteiger partial charge < -0.3 is 15.4 Å². The van der Waals surface area contributed by atoms with Gasteiger partial charge in [-0.25, -0.2) is 4.79 Å². The summed E-state index contributed by atoms with van der Waals surface area (Å²) in [5.74, 6) is 0.639. The molecule has 0 bridgehead atoms. The third kappa shape index (κ3) is 3.15. The van der Waals surface area contributed by atoms with Crippen molar-refractivity contribution in [3.8, 4) is 0 Å². The average Bonchev–Trinajstić information content (AvgIpc) is 2.78. The summed E-state index contributed by atoms with van der Waals surface area (Å²) in [7, 11) is 0. The highest BCUT2D eigenvalue weighted by Gasteiger charge is 2.33. The number of alkyl halides is 1. The molecule has 98 valence electrons. The molecule has 1 saturated heterocycles. The zero-order valence-electron chi connectivity index (χ0n) is 10.1. The van der Waals surface area contributed by atoms with Crippen LogP contribution in [-0.2, 0) is 11.3 Å². The Bertz CT molecular complexity index is 399. The summed E-state index contributed by atoms with van der Waals surface area (Å²) in [5, 5.41) is 0. The van der Waals surface area contributed by atoms with Gasteiger partial charge in [0.05, 0.1) is 0 Å². The third-order valence-corrected chi connectivity index (χ3v) is 3.55. The van der Waals surface area contributed by atoms with E-state index in [-0.39, 0.29) is 24.7 Å². The van der Waals surface area contributed by atoms with Crippen molar-refractivity contribution in [2.24, 2.45) is 11.7 Å². The third-order valence-electron chi connectivity index (χ3n) is 3.15. The number of hydrogen-bond acceptors (Lipinski definition) is 3. The molecule has 4 nitrogen and oxygen atoms in total. The van der Waals surface area contributed by atoms with E-state index in [0.717, 1.165) is 5.56 Å². The number of nitrogens with two attached hydrogens (primary N) is 1. The van der Waals surface area contributed by atoms with Gasteiger partial charge in [0.25, 0.3) is 0 Å². The number of carbonyl (C=O) groups excluding carboxylic acids is 1. The number of rotatable bonds is 3. The first kappa shape index (κ1) is 13.2. The van der Waals surface area contributed by atoms with Crippen LogP contribution >= 0.6 is 11.6 Å². The first-order chi connectivity index (χ1) is 8.70. The van der Waals surface area contributed by atoms with Crippen molar-refractivity contribution in [2.45, 2.75) is 12.6 Å². The fourth-order valence-corrected chi connectivity index (χ4v) is 2.35. The summed E-state index contributed by atoms with van der Waals surface area (Å²) >= 11 is 5.79. The molecule has 0 aromatic heterocycles. The molecule has 1 aliphatic rings. The Morgan fingerprint density at radius 3 is 2.72 bits per heavy atom. The lowest BCUT2D eigenvalue weighted by atomic mass is 10.1. The molecule has 1 aromatic carbocycles. The van der Waals surface area contributed by atoms with Gasteiger partial charge in [0.15, 0.2) is 0 Å². The highest BCUT2D eigenvalue weighted by atomic mass is 35.5. The second kappa shape index (κ2) is 6.07. The number of halogens is 1. The van der Waals surface area contributed by atoms with Gasteiger partial charge in [0.1, 0.15) is 6.61 Å². The minimum Gasteiger partial charge on any atom is -0.445 e. The molecule has 0 saturated carbocycles. The van der Waals surface area contributed by atoms with Crippen LogP contribution in [0.3, 0.4) is 0 Å². The van der Waals surface area contributed by atoms with Gasteiger partial charge in [-0.3, -0.25) is 0 Å². The Morgan fingerprint density at radius 1 is 1.39 bits per heavy atom. The lowest BCUT2D eigenvalue weighted by Gasteiger charge is -2.15. The van der Waals surface area contributed by atoms with E-state index < -0.39 is 0 Å². The fraction of sp³-hybridized carbons (Fsp3) is 0.462. The van der Waals surface area contributed by atoms with Gasteiger partial charge >= 0.3 is 6.09 Å². The van der Waals surface area contributed by atoms with E-state index in [4.69, 9.17) is 22.1 Å². The molecule has 5 heteroatoms. The molecule has 0 spiro atoms. The Labute approximate surface area is 112 Å². The molecule has 2 rings (SSSR count). The van der Waals surface area contributed by atoms with Crippen LogP contribution in [0.5, 0.6) is 0 Å². The van der Waals surface area contributed by atoms with Crippen molar-refractivity contribution in [3.63, 3.8) is 0 Å². The summed E-state index contributed by atoms with van der Waals surface area (Å²) in [6, 6.07) is 9.55. The predicted molar refractivity (Wildman–Crippen MR) is 70.4 cm³/mol. The number of hydrogen-bond donors (Lipinski definition) is 1. The maximum absolute atomic E-state index is 11.8. The molecule has 1 amide bonds. The van der Waals surface area contributed by atoms with Crippen LogP contribution in [0.2, 0.25) is 0 Å². The van der Waals surface area contributed by atoms with Crippen LogP contribution in [0, 0.1) is 5.92 Å². The van der Waals surface area contributed by atoms with Crippen LogP contribution in [-0.4, -0.2) is 36.0 Å². The van der Waals surface area contributed by atoms with Crippen LogP contribution in [0.25, 0.3) is 0 Å². The van der Waals surface area contributed by atoms with Crippen molar-refractivity contribution < 1.29 is 9.53 Å². The number of nitrogens with zero attached hydrogens (tertiary/aromatic N) is 1. The molecule has 2 unspecified atom stereocenters. The number of carbonyl (C=O) groups is 1. The minimum atomic E-state index is -0.318. The smallest absolute Gasteiger partial charge is 0.410 e. The zero-order valence-corrected chi connectivity index (χ0v) is 10.8. The quantitative estimate of drug-likeness (QED) is 0.851. The monoisotopic (exact) mass is 268 g/mol. The second-order valence-electron chi connectivity index (χ2n) is 4.52. The summed E-state index contributed by atoms with van der Waals surface area (Å²) in [6.45, 7) is 1.39. The molecule has 1 aromatic rings. The van der Waals surface area contributed by atoms with E-state index in [1.165, 1.54) is 0 Å². The topological polar surface area (TPSA) is 55.6 Å². The average molecular weight is 269 g/mol. The van der Waals surface area contributed by atoms with E-state index in [0.29, 0.717) is 19.0 Å². The molecule has 1 heterocycles. The summed E-state index contributed by atoms with van der Waals surface area (Å²) in [5.41, 5.74) is 6.87. The molecule has 0 aliphatic carbocycles. The highest BCUT2D eigenvalue weighted by molar-refractivity contribution is 6.18. The van der Waals surface area contributed by atoms with E-state index in [9.17, 15) is 4.79 Å². The predicted octanol–water partition coefficient (Wildman–Crippen LogP) is 1.82. The standard InChI is InChI=1S/C13H17ClN2O2/c14-6-11-7-16(8-12(11)15)13(17)18-9-10-4-2-1-3-5-10/h1-5,11-12H,6-9,15H2. The molecular weight excluding hydrogens is 252 g/mol. The first-order valence-corrected chi connectivity index (χ1v) is 6.51. The number of ether oxygens (including phenoxy) is 1. The van der Waals surface area contributed by atoms with Crippen LogP contribution < -0.4 is 5.73 Å². The number of amides is 1. The molecule has 18 heavy (non-hydrogen) atoms. The summed E-state index contributed by atoms with van der Waals surface area (Å²) in [4.78, 5) is 13.5. The van der Waals surface area contributed by atoms with Gasteiger partial charge in [-0.15, -0.1) is 11.6 Å². The van der Waals surface area contributed by atoms with E-state index in [2.05, 4.69) is 0 Å². The van der Waals surface area contributed by atoms with Gasteiger partial charge in [-0.05, 0) is 5.56 Å². The van der Waals surface area contributed by atoms with E-state index in [1.54, 1.807) is 4.90 Å². The summed E-state index contributed by atoms with van der Waals surface area (Å²) < 4.78 is 5.24. The second-order valence-corrected chi connectivity index (χ2v) is 4.83. The van der Waals surface area contributed by atoms with E-state index >= 15 is 0 Å². The zero-order chi connectivity index (χ0) is 13.0. The molecular formula is C13H17ClN2O2. The van der Waals surface area contributed by atoms with Crippen LogP contribution in [0.4, 0.5) is 4.79 Å². The fourth-order valence-electron chi connectivity index (χ4n) is 2.02. The Morgan fingerprint density at radius 2 is 2.11 bits per heavy atom. The van der Waals surface area contributed by atoms with Gasteiger partial charge in [0.2, 0.25) is 0 Å².